The molecule has 1 atom stereocenters. The fourth-order valence-corrected chi connectivity index (χ4v) is 3.28. The Labute approximate surface area is 191 Å². The summed E-state index contributed by atoms with van der Waals surface area (Å²) in [7, 11) is 0. The normalized spacial score (nSPS) is 12.3. The topological polar surface area (TPSA) is 93.3 Å². The molecular formula is C22H30IN3O4. The molecule has 0 saturated heterocycles. The minimum Gasteiger partial charge on any atom is -0.460 e. The Kier molecular flexibility index (Phi) is 9.61. The highest BCUT2D eigenvalue weighted by molar-refractivity contribution is 14.1. The summed E-state index contributed by atoms with van der Waals surface area (Å²) in [6.07, 6.45) is 4.77. The molecular weight excluding hydrogens is 497 g/mol. The number of ether oxygens (including phenoxy) is 2. The quantitative estimate of drug-likeness (QED) is 0.249. The van der Waals surface area contributed by atoms with Gasteiger partial charge in [-0.15, -0.1) is 0 Å². The first kappa shape index (κ1) is 24.2. The first-order chi connectivity index (χ1) is 14.2. The van der Waals surface area contributed by atoms with E-state index in [0.717, 1.165) is 28.5 Å². The van der Waals surface area contributed by atoms with Gasteiger partial charge in [-0.25, -0.2) is 9.78 Å². The Balaban J connectivity index is 1.79. The molecule has 2 rings (SSSR count). The van der Waals surface area contributed by atoms with Crippen LogP contribution in [0.25, 0.3) is 0 Å². The molecule has 0 aliphatic rings. The number of benzene rings is 1. The highest BCUT2D eigenvalue weighted by Crippen LogP contribution is 2.19. The maximum absolute atomic E-state index is 12.3. The average molecular weight is 527 g/mol. The van der Waals surface area contributed by atoms with Gasteiger partial charge in [0.15, 0.2) is 0 Å². The van der Waals surface area contributed by atoms with Crippen molar-refractivity contribution < 1.29 is 19.1 Å². The van der Waals surface area contributed by atoms with Crippen molar-refractivity contribution in [2.75, 3.05) is 0 Å². The van der Waals surface area contributed by atoms with E-state index in [4.69, 9.17) is 9.47 Å². The van der Waals surface area contributed by atoms with E-state index in [1.807, 2.05) is 51.1 Å². The number of unbranched alkanes of at least 4 members (excludes halogenated alkanes) is 2. The summed E-state index contributed by atoms with van der Waals surface area (Å²) in [6, 6.07) is 9.26. The van der Waals surface area contributed by atoms with Crippen LogP contribution in [-0.2, 0) is 20.9 Å². The Morgan fingerprint density at radius 1 is 1.17 bits per heavy atom. The van der Waals surface area contributed by atoms with Crippen LogP contribution in [0.1, 0.15) is 70.3 Å². The van der Waals surface area contributed by atoms with Crippen molar-refractivity contribution in [1.82, 2.24) is 15.3 Å². The predicted octanol–water partition coefficient (Wildman–Crippen LogP) is 5.27. The molecule has 1 amide bonds. The minimum absolute atomic E-state index is 0.178. The summed E-state index contributed by atoms with van der Waals surface area (Å²) in [4.78, 5) is 31.6. The number of amides is 1. The number of carbonyl (C=O) groups is 2. The lowest BCUT2D eigenvalue weighted by Crippen LogP contribution is -2.30. The Morgan fingerprint density at radius 3 is 2.53 bits per heavy atom. The molecule has 0 radical (unpaired) electrons. The first-order valence-corrected chi connectivity index (χ1v) is 11.2. The molecule has 1 aromatic heterocycles. The summed E-state index contributed by atoms with van der Waals surface area (Å²) in [5.74, 6) is 0.519. The molecule has 30 heavy (non-hydrogen) atoms. The molecule has 0 unspecified atom stereocenters. The fraction of sp³-hybridized carbons (Fsp3) is 0.500. The number of alkyl carbamates (subject to hydrolysis) is 1. The third-order valence-corrected chi connectivity index (χ3v) is 4.74. The summed E-state index contributed by atoms with van der Waals surface area (Å²) in [5, 5.41) is 2.90. The molecule has 8 heteroatoms. The molecule has 0 saturated carbocycles. The second-order valence-electron chi connectivity index (χ2n) is 8.06. The standard InChI is InChI=1S/C22H30IN3O4/c1-22(2,3)30-19(27)13-9-5-8-12-17(20-24-14-18(23)26-20)25-21(28)29-15-16-10-6-4-7-11-16/h4,6-7,10-11,14,17H,5,8-9,12-13,15H2,1-3H3,(H,24,26)(H,25,28)/t17-/m0/s1. The second kappa shape index (κ2) is 11.9. The molecule has 2 N–H and O–H groups in total. The number of nitrogens with zero attached hydrogens (tertiary/aromatic N) is 1. The van der Waals surface area contributed by atoms with Crippen LogP contribution in [0, 0.1) is 3.70 Å². The van der Waals surface area contributed by atoms with Gasteiger partial charge in [-0.1, -0.05) is 43.2 Å². The number of aromatic amines is 1. The first-order valence-electron chi connectivity index (χ1n) is 10.1. The van der Waals surface area contributed by atoms with Crippen LogP contribution in [0.15, 0.2) is 36.5 Å². The van der Waals surface area contributed by atoms with E-state index in [1.165, 1.54) is 0 Å². The van der Waals surface area contributed by atoms with E-state index in [9.17, 15) is 9.59 Å². The fourth-order valence-electron chi connectivity index (χ4n) is 2.86. The zero-order valence-electron chi connectivity index (χ0n) is 17.7. The number of halogens is 1. The molecule has 0 fully saturated rings. The molecule has 164 valence electrons. The highest BCUT2D eigenvalue weighted by atomic mass is 127. The van der Waals surface area contributed by atoms with Gasteiger partial charge in [0.05, 0.1) is 15.9 Å². The predicted molar refractivity (Wildman–Crippen MR) is 123 cm³/mol. The number of esters is 1. The lowest BCUT2D eigenvalue weighted by Gasteiger charge is -2.19. The van der Waals surface area contributed by atoms with Crippen LogP contribution >= 0.6 is 22.6 Å². The van der Waals surface area contributed by atoms with Crippen LogP contribution in [0.5, 0.6) is 0 Å². The van der Waals surface area contributed by atoms with E-state index >= 15 is 0 Å². The van der Waals surface area contributed by atoms with E-state index < -0.39 is 11.7 Å². The van der Waals surface area contributed by atoms with Crippen LogP contribution < -0.4 is 5.32 Å². The molecule has 0 aliphatic carbocycles. The molecule has 0 bridgehead atoms. The summed E-state index contributed by atoms with van der Waals surface area (Å²) in [6.45, 7) is 5.80. The second-order valence-corrected chi connectivity index (χ2v) is 9.22. The van der Waals surface area contributed by atoms with Gasteiger partial charge in [0, 0.05) is 6.42 Å². The van der Waals surface area contributed by atoms with E-state index in [1.54, 1.807) is 6.20 Å². The average Bonchev–Trinajstić information content (AvgIpc) is 3.11. The van der Waals surface area contributed by atoms with Gasteiger partial charge >= 0.3 is 12.1 Å². The third kappa shape index (κ3) is 9.60. The Hall–Kier alpha value is -2.10. The molecule has 0 aliphatic heterocycles. The van der Waals surface area contributed by atoms with Crippen molar-refractivity contribution in [3.05, 3.63) is 51.6 Å². The van der Waals surface area contributed by atoms with E-state index in [-0.39, 0.29) is 18.6 Å². The lowest BCUT2D eigenvalue weighted by molar-refractivity contribution is -0.154. The van der Waals surface area contributed by atoms with Crippen molar-refractivity contribution in [1.29, 1.82) is 0 Å². The van der Waals surface area contributed by atoms with Crippen molar-refractivity contribution in [2.24, 2.45) is 0 Å². The molecule has 1 aromatic carbocycles. The SMILES string of the molecule is CC(C)(C)OC(=O)CCCCC[C@H](NC(=O)OCc1ccccc1)c1ncc(I)[nH]1. The number of rotatable bonds is 10. The van der Waals surface area contributed by atoms with Crippen molar-refractivity contribution in [2.45, 2.75) is 71.1 Å². The minimum atomic E-state index is -0.482. The highest BCUT2D eigenvalue weighted by Gasteiger charge is 2.19. The molecule has 2 aromatic rings. The van der Waals surface area contributed by atoms with Crippen LogP contribution in [0.4, 0.5) is 4.79 Å². The summed E-state index contributed by atoms with van der Waals surface area (Å²) < 4.78 is 11.6. The van der Waals surface area contributed by atoms with Crippen LogP contribution in [-0.4, -0.2) is 27.6 Å². The smallest absolute Gasteiger partial charge is 0.408 e. The number of nitrogens with one attached hydrogen (secondary N) is 2. The molecule has 0 spiro atoms. The number of hydrogen-bond donors (Lipinski definition) is 2. The number of carbonyl (C=O) groups excluding carboxylic acids is 2. The zero-order chi connectivity index (χ0) is 22.0. The zero-order valence-corrected chi connectivity index (χ0v) is 19.9. The number of hydrogen-bond acceptors (Lipinski definition) is 5. The Bertz CT molecular complexity index is 802. The van der Waals surface area contributed by atoms with Gasteiger partial charge in [0.1, 0.15) is 18.0 Å². The third-order valence-electron chi connectivity index (χ3n) is 4.19. The van der Waals surface area contributed by atoms with Crippen molar-refractivity contribution >= 4 is 34.7 Å². The monoisotopic (exact) mass is 527 g/mol. The van der Waals surface area contributed by atoms with Gasteiger partial charge in [-0.2, -0.15) is 0 Å². The van der Waals surface area contributed by atoms with Crippen LogP contribution in [0.2, 0.25) is 0 Å². The van der Waals surface area contributed by atoms with Gasteiger partial charge < -0.3 is 19.8 Å². The van der Waals surface area contributed by atoms with Crippen molar-refractivity contribution in [3.63, 3.8) is 0 Å². The maximum Gasteiger partial charge on any atom is 0.408 e. The largest absolute Gasteiger partial charge is 0.460 e. The summed E-state index contributed by atoms with van der Waals surface area (Å²) >= 11 is 2.15. The van der Waals surface area contributed by atoms with E-state index in [0.29, 0.717) is 18.7 Å². The summed E-state index contributed by atoms with van der Waals surface area (Å²) in [5.41, 5.74) is 0.474. The lowest BCUT2D eigenvalue weighted by atomic mass is 10.1. The van der Waals surface area contributed by atoms with Gasteiger partial charge in [0.25, 0.3) is 0 Å². The molecule has 1 heterocycles. The number of imidazole rings is 1. The van der Waals surface area contributed by atoms with Crippen LogP contribution in [0.3, 0.4) is 0 Å². The van der Waals surface area contributed by atoms with Gasteiger partial charge in [0.2, 0.25) is 0 Å². The maximum atomic E-state index is 12.3. The van der Waals surface area contributed by atoms with Crippen molar-refractivity contribution in [3.8, 4) is 0 Å². The number of H-pyrrole nitrogens is 1. The van der Waals surface area contributed by atoms with E-state index in [2.05, 4.69) is 37.9 Å². The van der Waals surface area contributed by atoms with Gasteiger partial charge in [-0.3, -0.25) is 4.79 Å². The molecule has 7 nitrogen and oxygen atoms in total. The van der Waals surface area contributed by atoms with Gasteiger partial charge in [-0.05, 0) is 61.8 Å². The number of aromatic nitrogens is 2. The Morgan fingerprint density at radius 2 is 1.90 bits per heavy atom.